The summed E-state index contributed by atoms with van der Waals surface area (Å²) in [4.78, 5) is 0. The van der Waals surface area contributed by atoms with Crippen LogP contribution in [0.15, 0.2) is 91.0 Å². The summed E-state index contributed by atoms with van der Waals surface area (Å²) in [5, 5.41) is 6.69. The molecule has 25 heavy (non-hydrogen) atoms. The van der Waals surface area contributed by atoms with Crippen molar-refractivity contribution in [3.63, 3.8) is 0 Å². The lowest BCUT2D eigenvalue weighted by Crippen LogP contribution is -2.21. The van der Waals surface area contributed by atoms with Gasteiger partial charge in [0.15, 0.2) is 6.29 Å². The average molecular weight is 355 g/mol. The molecule has 3 aromatic rings. The Kier molecular flexibility index (Phi) is 4.41. The zero-order valence-electron chi connectivity index (χ0n) is 18.7. The minimum atomic E-state index is -2.77. The quantitative estimate of drug-likeness (QED) is 0.484. The van der Waals surface area contributed by atoms with Crippen molar-refractivity contribution < 1.29 is 15.3 Å². The Morgan fingerprint density at radius 3 is 1.92 bits per heavy atom. The number of benzene rings is 3. The zero-order chi connectivity index (χ0) is 21.6. The van der Waals surface area contributed by atoms with Crippen LogP contribution in [0.5, 0.6) is 0 Å². The van der Waals surface area contributed by atoms with E-state index in [1.165, 1.54) is 0 Å². The van der Waals surface area contributed by atoms with E-state index in [4.69, 9.17) is 11.7 Å². The van der Waals surface area contributed by atoms with Crippen molar-refractivity contribution in [2.45, 2.75) is 18.3 Å². The fraction of sp³-hybridized carbons (Fsp3) is 0.182. The number of rotatable bonds is 8. The zero-order valence-corrected chi connectivity index (χ0v) is 14.6. The van der Waals surface area contributed by atoms with Gasteiger partial charge in [-0.1, -0.05) is 91.0 Å². The number of aliphatic hydroxyl groups excluding tert-OH is 1. The molecule has 3 heteroatoms. The normalized spacial score (nSPS) is 18.2. The van der Waals surface area contributed by atoms with Crippen LogP contribution in [0, 0.1) is 0 Å². The van der Waals surface area contributed by atoms with E-state index in [9.17, 15) is 0 Å². The highest BCUT2D eigenvalue weighted by Gasteiger charge is 2.28. The number of hydrogen-bond donors (Lipinski definition) is 1. The summed E-state index contributed by atoms with van der Waals surface area (Å²) in [6.07, 6.45) is -2.67. The lowest BCUT2D eigenvalue weighted by molar-refractivity contribution is -0.0783. The Balaban J connectivity index is 2.13. The highest BCUT2D eigenvalue weighted by atomic mass is 31.1. The lowest BCUT2D eigenvalue weighted by atomic mass is 10.1. The molecule has 1 N–H and O–H groups in total. The SMILES string of the molecule is [2H]OC(OC([2H])([2H])[2H])C([2H])C(c1ccccc1)P(c1ccccc1)c1ccccc1. The highest BCUT2D eigenvalue weighted by Crippen LogP contribution is 2.51. The Bertz CT molecular complexity index is 854. The first-order valence-corrected chi connectivity index (χ1v) is 9.48. The third-order valence-corrected chi connectivity index (χ3v) is 6.68. The van der Waals surface area contributed by atoms with E-state index in [-0.39, 0.29) is 0 Å². The summed E-state index contributed by atoms with van der Waals surface area (Å²) < 4.78 is 43.5. The number of methoxy groups -OCH3 is 1. The van der Waals surface area contributed by atoms with Crippen LogP contribution in [-0.4, -0.2) is 19.9 Å². The van der Waals surface area contributed by atoms with Gasteiger partial charge in [0, 0.05) is 20.5 Å². The predicted octanol–water partition coefficient (Wildman–Crippen LogP) is 4.22. The molecule has 3 rings (SSSR count). The number of hydrogen-bond acceptors (Lipinski definition) is 2. The first kappa shape index (κ1) is 12.4. The predicted molar refractivity (Wildman–Crippen MR) is 106 cm³/mol. The monoisotopic (exact) mass is 355 g/mol. The fourth-order valence-corrected chi connectivity index (χ4v) is 5.54. The Morgan fingerprint density at radius 1 is 0.920 bits per heavy atom. The molecule has 0 bridgehead atoms. The Hall–Kier alpha value is -1.99. The van der Waals surface area contributed by atoms with Crippen molar-refractivity contribution >= 4 is 18.5 Å². The summed E-state index contributed by atoms with van der Waals surface area (Å²) in [5.74, 6) is 0. The Labute approximate surface area is 158 Å². The standard InChI is InChI=1S/C22H23O2P/c1-24-22(23)17-21(18-11-5-2-6-12-18)25(19-13-7-3-8-14-19)20-15-9-4-10-16-20/h2-16,21-23H,17H2,1H3/i1D3,17D,23D. The molecule has 0 aromatic heterocycles. The van der Waals surface area contributed by atoms with Crippen LogP contribution >= 0.6 is 7.92 Å². The summed E-state index contributed by atoms with van der Waals surface area (Å²) in [6, 6.07) is 29.2. The van der Waals surface area contributed by atoms with Gasteiger partial charge in [-0.25, -0.2) is 0 Å². The second-order valence-electron chi connectivity index (χ2n) is 5.58. The maximum Gasteiger partial charge on any atom is 0.213 e. The van der Waals surface area contributed by atoms with Crippen molar-refractivity contribution in [1.82, 2.24) is 0 Å². The van der Waals surface area contributed by atoms with Gasteiger partial charge in [0.1, 0.15) is 0 Å². The summed E-state index contributed by atoms with van der Waals surface area (Å²) >= 11 is 0. The minimum absolute atomic E-state index is 0.455. The third-order valence-electron chi connectivity index (χ3n) is 3.94. The van der Waals surface area contributed by atoms with Crippen molar-refractivity contribution in [2.75, 3.05) is 7.04 Å². The number of aliphatic hydroxyl groups is 1. The van der Waals surface area contributed by atoms with E-state index in [1.807, 2.05) is 91.0 Å². The highest BCUT2D eigenvalue weighted by molar-refractivity contribution is 7.73. The average Bonchev–Trinajstić information content (AvgIpc) is 2.76. The molecule has 0 saturated heterocycles. The smallest absolute Gasteiger partial charge is 0.213 e. The molecule has 0 aliphatic carbocycles. The van der Waals surface area contributed by atoms with E-state index in [2.05, 4.69) is 5.11 Å². The van der Waals surface area contributed by atoms with Crippen LogP contribution in [0.4, 0.5) is 0 Å². The molecule has 128 valence electrons. The van der Waals surface area contributed by atoms with Gasteiger partial charge < -0.3 is 9.85 Å². The summed E-state index contributed by atoms with van der Waals surface area (Å²) in [5.41, 5.74) is 0.413. The topological polar surface area (TPSA) is 29.5 Å². The van der Waals surface area contributed by atoms with Crippen LogP contribution in [0.1, 0.15) is 23.1 Å². The third kappa shape index (κ3) is 4.55. The maximum atomic E-state index is 8.93. The van der Waals surface area contributed by atoms with Gasteiger partial charge in [-0.2, -0.15) is 0 Å². The molecule has 0 fully saturated rings. The van der Waals surface area contributed by atoms with Gasteiger partial charge in [-0.15, -0.1) is 0 Å². The molecule has 0 spiro atoms. The van der Waals surface area contributed by atoms with E-state index < -0.39 is 33.3 Å². The summed E-state index contributed by atoms with van der Waals surface area (Å²) in [6.45, 7) is 0. The van der Waals surface area contributed by atoms with Crippen LogP contribution in [-0.2, 0) is 4.74 Å². The second kappa shape index (κ2) is 8.92. The van der Waals surface area contributed by atoms with Crippen LogP contribution < -0.4 is 10.6 Å². The van der Waals surface area contributed by atoms with Crippen LogP contribution in [0.2, 0.25) is 0 Å². The molecular weight excluding hydrogens is 327 g/mol. The molecule has 0 saturated carbocycles. The van der Waals surface area contributed by atoms with E-state index in [0.29, 0.717) is 0 Å². The van der Waals surface area contributed by atoms with Crippen LogP contribution in [0.25, 0.3) is 0 Å². The minimum Gasteiger partial charge on any atom is -0.368 e. The fourth-order valence-electron chi connectivity index (χ4n) is 2.83. The molecule has 0 radical (unpaired) electrons. The van der Waals surface area contributed by atoms with Gasteiger partial charge >= 0.3 is 0 Å². The van der Waals surface area contributed by atoms with Gasteiger partial charge in [0.2, 0.25) is 1.43 Å². The van der Waals surface area contributed by atoms with Gasteiger partial charge in [-0.3, -0.25) is 0 Å². The van der Waals surface area contributed by atoms with E-state index in [0.717, 1.165) is 16.2 Å². The first-order chi connectivity index (χ1) is 14.4. The first-order valence-electron chi connectivity index (χ1n) is 10.6. The maximum absolute atomic E-state index is 8.93. The van der Waals surface area contributed by atoms with Crippen molar-refractivity contribution in [3.05, 3.63) is 96.6 Å². The van der Waals surface area contributed by atoms with Gasteiger partial charge in [0.25, 0.3) is 0 Å². The lowest BCUT2D eigenvalue weighted by Gasteiger charge is -2.30. The number of ether oxygens (including phenoxy) is 1. The second-order valence-corrected chi connectivity index (χ2v) is 7.90. The van der Waals surface area contributed by atoms with Crippen molar-refractivity contribution in [2.24, 2.45) is 0 Å². The van der Waals surface area contributed by atoms with E-state index >= 15 is 0 Å². The largest absolute Gasteiger partial charge is 0.368 e. The molecule has 3 unspecified atom stereocenters. The van der Waals surface area contributed by atoms with Gasteiger partial charge in [-0.05, 0) is 24.1 Å². The molecule has 0 aliphatic rings. The molecule has 3 aromatic carbocycles. The summed E-state index contributed by atoms with van der Waals surface area (Å²) in [7, 11) is -3.89. The van der Waals surface area contributed by atoms with E-state index in [1.54, 1.807) is 0 Å². The van der Waals surface area contributed by atoms with Gasteiger partial charge in [0.05, 0.1) is 4.11 Å². The molecule has 0 aliphatic heterocycles. The molecule has 0 amide bonds. The Morgan fingerprint density at radius 2 is 1.44 bits per heavy atom. The molecule has 2 nitrogen and oxygen atoms in total. The van der Waals surface area contributed by atoms with Crippen molar-refractivity contribution in [3.8, 4) is 0 Å². The molecular formula is C22H23O2P. The van der Waals surface area contributed by atoms with Crippen molar-refractivity contribution in [1.29, 1.82) is 1.43 Å². The molecule has 3 atom stereocenters. The molecule has 0 heterocycles. The van der Waals surface area contributed by atoms with Crippen LogP contribution in [0.3, 0.4) is 0 Å².